The summed E-state index contributed by atoms with van der Waals surface area (Å²) >= 11 is 0. The average Bonchev–Trinajstić information content (AvgIpc) is 2.34. The largest absolute Gasteiger partial charge is 0.434 e. The number of carbonyl (C=O) groups is 1. The minimum absolute atomic E-state index is 0.102. The van der Waals surface area contributed by atoms with E-state index in [2.05, 4.69) is 10.1 Å². The average molecular weight is 258 g/mol. The van der Waals surface area contributed by atoms with Crippen molar-refractivity contribution in [2.45, 2.75) is 19.5 Å². The third kappa shape index (κ3) is 4.67. The summed E-state index contributed by atoms with van der Waals surface area (Å²) in [4.78, 5) is 11.7. The van der Waals surface area contributed by atoms with Gasteiger partial charge in [-0.1, -0.05) is 12.1 Å². The highest BCUT2D eigenvalue weighted by Gasteiger charge is 2.14. The number of hydrogen-bond acceptors (Lipinski definition) is 3. The number of nitrogens with two attached hydrogens (primary N) is 1. The zero-order valence-corrected chi connectivity index (χ0v) is 9.86. The van der Waals surface area contributed by atoms with Crippen molar-refractivity contribution in [3.63, 3.8) is 0 Å². The van der Waals surface area contributed by atoms with Crippen LogP contribution in [0.1, 0.15) is 23.2 Å². The molecular formula is C12H16F2N2O2. The van der Waals surface area contributed by atoms with E-state index in [0.29, 0.717) is 13.1 Å². The summed E-state index contributed by atoms with van der Waals surface area (Å²) in [5, 5.41) is 2.63. The molecule has 1 amide bonds. The minimum atomic E-state index is -2.95. The van der Waals surface area contributed by atoms with Crippen LogP contribution in [0, 0.1) is 0 Å². The van der Waals surface area contributed by atoms with Crippen molar-refractivity contribution in [3.05, 3.63) is 29.8 Å². The van der Waals surface area contributed by atoms with Crippen LogP contribution in [0.5, 0.6) is 5.75 Å². The van der Waals surface area contributed by atoms with E-state index in [-0.39, 0.29) is 11.3 Å². The number of amides is 1. The zero-order valence-electron chi connectivity index (χ0n) is 9.86. The predicted molar refractivity (Wildman–Crippen MR) is 63.7 cm³/mol. The van der Waals surface area contributed by atoms with Crippen LogP contribution in [-0.4, -0.2) is 25.6 Å². The van der Waals surface area contributed by atoms with Crippen molar-refractivity contribution >= 4 is 5.91 Å². The smallest absolute Gasteiger partial charge is 0.387 e. The fraction of sp³-hybridized carbons (Fsp3) is 0.417. The highest BCUT2D eigenvalue weighted by atomic mass is 19.3. The molecule has 100 valence electrons. The van der Waals surface area contributed by atoms with Gasteiger partial charge in [-0.25, -0.2) is 0 Å². The zero-order chi connectivity index (χ0) is 13.4. The molecule has 0 aliphatic heterocycles. The Hall–Kier alpha value is -1.69. The summed E-state index contributed by atoms with van der Waals surface area (Å²) in [7, 11) is 0. The van der Waals surface area contributed by atoms with Gasteiger partial charge in [0.15, 0.2) is 0 Å². The van der Waals surface area contributed by atoms with Crippen molar-refractivity contribution in [2.24, 2.45) is 5.73 Å². The molecule has 0 aliphatic carbocycles. The molecule has 0 spiro atoms. The van der Waals surface area contributed by atoms with Gasteiger partial charge in [0, 0.05) is 6.54 Å². The van der Waals surface area contributed by atoms with Crippen LogP contribution >= 0.6 is 0 Å². The molecule has 4 nitrogen and oxygen atoms in total. The topological polar surface area (TPSA) is 64.3 Å². The van der Waals surface area contributed by atoms with E-state index in [1.807, 2.05) is 0 Å². The number of carbonyl (C=O) groups excluding carboxylic acids is 1. The molecule has 0 saturated heterocycles. The van der Waals surface area contributed by atoms with Gasteiger partial charge in [0.2, 0.25) is 0 Å². The Morgan fingerprint density at radius 1 is 1.33 bits per heavy atom. The second-order valence-electron chi connectivity index (χ2n) is 3.63. The molecule has 0 saturated carbocycles. The maximum absolute atomic E-state index is 12.1. The molecule has 1 aromatic rings. The van der Waals surface area contributed by atoms with E-state index in [9.17, 15) is 13.6 Å². The van der Waals surface area contributed by atoms with Crippen LogP contribution in [0.2, 0.25) is 0 Å². The fourth-order valence-electron chi connectivity index (χ4n) is 1.42. The van der Waals surface area contributed by atoms with Gasteiger partial charge in [-0.2, -0.15) is 8.78 Å². The molecule has 0 atom stereocenters. The number of para-hydroxylation sites is 1. The fourth-order valence-corrected chi connectivity index (χ4v) is 1.42. The second-order valence-corrected chi connectivity index (χ2v) is 3.63. The van der Waals surface area contributed by atoms with Crippen LogP contribution < -0.4 is 15.8 Å². The number of unbranched alkanes of at least 4 members (excludes halogenated alkanes) is 1. The summed E-state index contributed by atoms with van der Waals surface area (Å²) in [6, 6.07) is 5.90. The van der Waals surface area contributed by atoms with Crippen molar-refractivity contribution in [1.29, 1.82) is 0 Å². The molecule has 1 rings (SSSR count). The third-order valence-electron chi connectivity index (χ3n) is 2.26. The third-order valence-corrected chi connectivity index (χ3v) is 2.26. The number of hydrogen-bond donors (Lipinski definition) is 2. The molecular weight excluding hydrogens is 242 g/mol. The Morgan fingerprint density at radius 2 is 2.06 bits per heavy atom. The molecule has 0 heterocycles. The lowest BCUT2D eigenvalue weighted by molar-refractivity contribution is -0.0501. The Morgan fingerprint density at radius 3 is 2.72 bits per heavy atom. The molecule has 0 aromatic heterocycles. The normalized spacial score (nSPS) is 10.4. The summed E-state index contributed by atoms with van der Waals surface area (Å²) in [6.45, 7) is -1.93. The first kappa shape index (κ1) is 14.4. The van der Waals surface area contributed by atoms with Crippen LogP contribution in [0.25, 0.3) is 0 Å². The molecule has 0 bridgehead atoms. The van der Waals surface area contributed by atoms with Gasteiger partial charge in [-0.15, -0.1) is 0 Å². The first-order chi connectivity index (χ1) is 8.65. The van der Waals surface area contributed by atoms with Gasteiger partial charge in [0.1, 0.15) is 5.75 Å². The lowest BCUT2D eigenvalue weighted by Gasteiger charge is -2.10. The summed E-state index contributed by atoms with van der Waals surface area (Å²) in [6.07, 6.45) is 1.55. The quantitative estimate of drug-likeness (QED) is 0.732. The van der Waals surface area contributed by atoms with Crippen LogP contribution in [0.15, 0.2) is 24.3 Å². The van der Waals surface area contributed by atoms with E-state index in [1.54, 1.807) is 6.07 Å². The molecule has 0 radical (unpaired) electrons. The minimum Gasteiger partial charge on any atom is -0.434 e. The van der Waals surface area contributed by atoms with E-state index in [0.717, 1.165) is 12.8 Å². The maximum Gasteiger partial charge on any atom is 0.387 e. The summed E-state index contributed by atoms with van der Waals surface area (Å²) in [5.74, 6) is -0.549. The number of rotatable bonds is 7. The lowest BCUT2D eigenvalue weighted by Crippen LogP contribution is -2.25. The first-order valence-corrected chi connectivity index (χ1v) is 5.67. The van der Waals surface area contributed by atoms with Gasteiger partial charge in [0.05, 0.1) is 5.56 Å². The number of benzene rings is 1. The van der Waals surface area contributed by atoms with E-state index in [1.165, 1.54) is 18.2 Å². The van der Waals surface area contributed by atoms with Gasteiger partial charge in [0.25, 0.3) is 5.91 Å². The Labute approximate surface area is 104 Å². The molecule has 0 unspecified atom stereocenters. The molecule has 18 heavy (non-hydrogen) atoms. The maximum atomic E-state index is 12.1. The Kier molecular flexibility index (Phi) is 6.07. The first-order valence-electron chi connectivity index (χ1n) is 5.67. The molecule has 6 heteroatoms. The summed E-state index contributed by atoms with van der Waals surface area (Å²) in [5.41, 5.74) is 5.42. The highest BCUT2D eigenvalue weighted by Crippen LogP contribution is 2.19. The van der Waals surface area contributed by atoms with Gasteiger partial charge < -0.3 is 15.8 Å². The highest BCUT2D eigenvalue weighted by molar-refractivity contribution is 5.96. The number of nitrogens with one attached hydrogen (secondary N) is 1. The van der Waals surface area contributed by atoms with E-state index in [4.69, 9.17) is 5.73 Å². The SMILES string of the molecule is NCCCCNC(=O)c1ccccc1OC(F)F. The number of alkyl halides is 2. The van der Waals surface area contributed by atoms with Crippen molar-refractivity contribution in [3.8, 4) is 5.75 Å². The van der Waals surface area contributed by atoms with Crippen LogP contribution in [0.4, 0.5) is 8.78 Å². The van der Waals surface area contributed by atoms with Crippen molar-refractivity contribution in [1.82, 2.24) is 5.32 Å². The van der Waals surface area contributed by atoms with Crippen LogP contribution in [-0.2, 0) is 0 Å². The van der Waals surface area contributed by atoms with Crippen molar-refractivity contribution in [2.75, 3.05) is 13.1 Å². The van der Waals surface area contributed by atoms with E-state index >= 15 is 0 Å². The van der Waals surface area contributed by atoms with Crippen LogP contribution in [0.3, 0.4) is 0 Å². The summed E-state index contributed by atoms with van der Waals surface area (Å²) < 4.78 is 28.6. The lowest BCUT2D eigenvalue weighted by atomic mass is 10.2. The molecule has 3 N–H and O–H groups in total. The van der Waals surface area contributed by atoms with E-state index < -0.39 is 12.5 Å². The predicted octanol–water partition coefficient (Wildman–Crippen LogP) is 1.76. The van der Waals surface area contributed by atoms with Gasteiger partial charge in [-0.05, 0) is 31.5 Å². The molecule has 0 fully saturated rings. The monoisotopic (exact) mass is 258 g/mol. The van der Waals surface area contributed by atoms with Gasteiger partial charge in [-0.3, -0.25) is 4.79 Å². The standard InChI is InChI=1S/C12H16F2N2O2/c13-12(14)18-10-6-2-1-5-9(10)11(17)16-8-4-3-7-15/h1-2,5-6,12H,3-4,7-8,15H2,(H,16,17). The van der Waals surface area contributed by atoms with Crippen molar-refractivity contribution < 1.29 is 18.3 Å². The number of ether oxygens (including phenoxy) is 1. The second kappa shape index (κ2) is 7.60. The molecule has 0 aliphatic rings. The molecule has 1 aromatic carbocycles. The Balaban J connectivity index is 2.61. The van der Waals surface area contributed by atoms with Gasteiger partial charge >= 0.3 is 6.61 Å². The number of halogens is 2. The Bertz CT molecular complexity index is 386.